The van der Waals surface area contributed by atoms with Crippen LogP contribution >= 0.6 is 11.6 Å². The van der Waals surface area contributed by atoms with Gasteiger partial charge in [-0.05, 0) is 54.8 Å². The number of carbonyl (C=O) groups is 1. The molecule has 6 rings (SSSR count). The lowest BCUT2D eigenvalue weighted by molar-refractivity contribution is -0.118. The van der Waals surface area contributed by atoms with Crippen molar-refractivity contribution < 1.29 is 17.9 Å². The molecule has 2 aromatic heterocycles. The number of H-pyrrole nitrogens is 1. The number of nitrogens with zero attached hydrogens (tertiary/aromatic N) is 2. The van der Waals surface area contributed by atoms with Crippen LogP contribution < -0.4 is 15.4 Å². The van der Waals surface area contributed by atoms with E-state index in [1.165, 1.54) is 12.3 Å². The Morgan fingerprint density at radius 1 is 1.19 bits per heavy atom. The van der Waals surface area contributed by atoms with E-state index in [1.54, 1.807) is 6.07 Å². The number of sulfone groups is 1. The molecule has 1 aliphatic carbocycles. The number of aromatic amines is 1. The standard InChI is InChI=1S/C25H22ClN5O4S/c1-3-35-21-10-15(36(2,33)34)12-27-23(21)29-22-16-6-4-13(8-20(16)30-31-22)18-11-25(18)17-9-14(26)5-7-19(17)28-24(25)32/h4-10,12,18H,3,11H2,1-2H3,(H,28,32)(H2,27,29,30,31)/t18-,25-/m0/s1. The average molecular weight is 524 g/mol. The van der Waals surface area contributed by atoms with Crippen molar-refractivity contribution in [1.82, 2.24) is 15.2 Å². The third-order valence-corrected chi connectivity index (χ3v) is 8.17. The number of benzene rings is 2. The number of halogens is 1. The minimum Gasteiger partial charge on any atom is -0.490 e. The van der Waals surface area contributed by atoms with Crippen molar-refractivity contribution in [3.8, 4) is 5.75 Å². The van der Waals surface area contributed by atoms with Gasteiger partial charge in [-0.1, -0.05) is 17.7 Å². The molecule has 9 nitrogen and oxygen atoms in total. The number of anilines is 3. The van der Waals surface area contributed by atoms with Crippen molar-refractivity contribution in [1.29, 1.82) is 0 Å². The second-order valence-corrected chi connectivity index (χ2v) is 11.5. The lowest BCUT2D eigenvalue weighted by Gasteiger charge is -2.11. The zero-order chi connectivity index (χ0) is 25.2. The first-order valence-corrected chi connectivity index (χ1v) is 13.7. The van der Waals surface area contributed by atoms with Gasteiger partial charge in [-0.2, -0.15) is 5.10 Å². The fourth-order valence-corrected chi connectivity index (χ4v) is 5.75. The molecule has 184 valence electrons. The Kier molecular flexibility index (Phi) is 5.03. The van der Waals surface area contributed by atoms with Crippen LogP contribution in [0.3, 0.4) is 0 Å². The number of carbonyl (C=O) groups excluding carboxylic acids is 1. The van der Waals surface area contributed by atoms with Gasteiger partial charge in [0.1, 0.15) is 0 Å². The van der Waals surface area contributed by atoms with Gasteiger partial charge in [0.2, 0.25) is 5.91 Å². The van der Waals surface area contributed by atoms with E-state index < -0.39 is 15.3 Å². The molecule has 11 heteroatoms. The number of hydrogen-bond acceptors (Lipinski definition) is 7. The number of pyridine rings is 1. The van der Waals surface area contributed by atoms with Gasteiger partial charge in [0.25, 0.3) is 0 Å². The molecular weight excluding hydrogens is 502 g/mol. The van der Waals surface area contributed by atoms with Gasteiger partial charge < -0.3 is 15.4 Å². The topological polar surface area (TPSA) is 126 Å². The van der Waals surface area contributed by atoms with Gasteiger partial charge in [-0.25, -0.2) is 13.4 Å². The molecule has 2 aromatic carbocycles. The van der Waals surface area contributed by atoms with Crippen LogP contribution in [0, 0.1) is 0 Å². The van der Waals surface area contributed by atoms with E-state index in [0.717, 1.165) is 34.0 Å². The quantitative estimate of drug-likeness (QED) is 0.339. The highest BCUT2D eigenvalue weighted by molar-refractivity contribution is 7.90. The highest BCUT2D eigenvalue weighted by atomic mass is 35.5. The van der Waals surface area contributed by atoms with Crippen LogP contribution in [0.5, 0.6) is 5.75 Å². The largest absolute Gasteiger partial charge is 0.490 e. The Balaban J connectivity index is 1.31. The molecule has 3 N–H and O–H groups in total. The van der Waals surface area contributed by atoms with Crippen LogP contribution in [0.2, 0.25) is 5.02 Å². The molecular formula is C25H22ClN5O4S. The molecule has 36 heavy (non-hydrogen) atoms. The number of fused-ring (bicyclic) bond motifs is 3. The van der Waals surface area contributed by atoms with E-state index >= 15 is 0 Å². The first-order valence-electron chi connectivity index (χ1n) is 11.4. The van der Waals surface area contributed by atoms with Gasteiger partial charge in [0, 0.05) is 40.5 Å². The molecule has 0 unspecified atom stereocenters. The summed E-state index contributed by atoms with van der Waals surface area (Å²) in [6, 6.07) is 12.9. The summed E-state index contributed by atoms with van der Waals surface area (Å²) in [6.07, 6.45) is 3.12. The highest BCUT2D eigenvalue weighted by Crippen LogP contribution is 2.65. The molecule has 0 radical (unpaired) electrons. The van der Waals surface area contributed by atoms with Gasteiger partial charge in [-0.3, -0.25) is 9.89 Å². The summed E-state index contributed by atoms with van der Waals surface area (Å²) >= 11 is 6.23. The molecule has 1 fully saturated rings. The van der Waals surface area contributed by atoms with E-state index in [1.807, 2.05) is 37.3 Å². The number of aromatic nitrogens is 3. The normalized spacial score (nSPS) is 20.4. The van der Waals surface area contributed by atoms with Gasteiger partial charge in [0.05, 0.1) is 22.4 Å². The van der Waals surface area contributed by atoms with Gasteiger partial charge >= 0.3 is 0 Å². The number of nitrogens with one attached hydrogen (secondary N) is 3. The van der Waals surface area contributed by atoms with Crippen molar-refractivity contribution in [3.05, 3.63) is 64.8 Å². The number of hydrogen-bond donors (Lipinski definition) is 3. The Labute approximate surface area is 212 Å². The summed E-state index contributed by atoms with van der Waals surface area (Å²) in [4.78, 5) is 17.2. The molecule has 1 aliphatic heterocycles. The summed E-state index contributed by atoms with van der Waals surface area (Å²) in [5.41, 5.74) is 3.01. The maximum atomic E-state index is 12.9. The molecule has 2 aliphatic rings. The Morgan fingerprint density at radius 2 is 2.03 bits per heavy atom. The second-order valence-electron chi connectivity index (χ2n) is 9.10. The van der Waals surface area contributed by atoms with E-state index in [-0.39, 0.29) is 16.7 Å². The molecule has 1 saturated carbocycles. The lowest BCUT2D eigenvalue weighted by atomic mass is 9.92. The maximum Gasteiger partial charge on any atom is 0.235 e. The number of ether oxygens (including phenoxy) is 1. The fourth-order valence-electron chi connectivity index (χ4n) is 5.01. The summed E-state index contributed by atoms with van der Waals surface area (Å²) < 4.78 is 29.5. The summed E-state index contributed by atoms with van der Waals surface area (Å²) in [5, 5.41) is 15.0. The summed E-state index contributed by atoms with van der Waals surface area (Å²) in [5.74, 6) is 1.25. The zero-order valence-corrected chi connectivity index (χ0v) is 21.0. The minimum atomic E-state index is -3.43. The summed E-state index contributed by atoms with van der Waals surface area (Å²) in [7, 11) is -3.43. The van der Waals surface area contributed by atoms with Crippen LogP contribution in [0.1, 0.15) is 30.4 Å². The molecule has 1 amide bonds. The first-order chi connectivity index (χ1) is 17.2. The molecule has 0 bridgehead atoms. The predicted molar refractivity (Wildman–Crippen MR) is 137 cm³/mol. The fraction of sp³-hybridized carbons (Fsp3) is 0.240. The Bertz CT molecular complexity index is 1670. The smallest absolute Gasteiger partial charge is 0.235 e. The number of amides is 1. The Morgan fingerprint density at radius 3 is 2.81 bits per heavy atom. The maximum absolute atomic E-state index is 12.9. The zero-order valence-electron chi connectivity index (χ0n) is 19.4. The van der Waals surface area contributed by atoms with Crippen LogP contribution in [0.4, 0.5) is 17.3 Å². The van der Waals surface area contributed by atoms with Crippen LogP contribution in [-0.4, -0.2) is 42.4 Å². The van der Waals surface area contributed by atoms with Crippen molar-refractivity contribution in [2.24, 2.45) is 0 Å². The highest BCUT2D eigenvalue weighted by Gasteiger charge is 2.65. The van der Waals surface area contributed by atoms with E-state index in [9.17, 15) is 13.2 Å². The molecule has 2 atom stereocenters. The monoisotopic (exact) mass is 523 g/mol. The molecule has 3 heterocycles. The third kappa shape index (κ3) is 3.51. The van der Waals surface area contributed by atoms with Crippen molar-refractivity contribution in [3.63, 3.8) is 0 Å². The summed E-state index contributed by atoms with van der Waals surface area (Å²) in [6.45, 7) is 2.16. The molecule has 0 saturated heterocycles. The van der Waals surface area contributed by atoms with Crippen molar-refractivity contribution in [2.75, 3.05) is 23.5 Å². The van der Waals surface area contributed by atoms with E-state index in [4.69, 9.17) is 16.3 Å². The minimum absolute atomic E-state index is 0.00361. The average Bonchev–Trinajstić information content (AvgIpc) is 3.39. The first kappa shape index (κ1) is 22.8. The Hall–Kier alpha value is -3.63. The number of rotatable bonds is 6. The molecule has 1 spiro atoms. The second kappa shape index (κ2) is 7.94. The van der Waals surface area contributed by atoms with E-state index in [0.29, 0.717) is 35.4 Å². The SMILES string of the molecule is CCOc1cc(S(C)(=O)=O)cnc1Nc1n[nH]c2cc([C@@H]3C[C@@]34C(=O)Nc3ccc(Cl)cc34)ccc12. The van der Waals surface area contributed by atoms with Crippen LogP contribution in [0.25, 0.3) is 10.9 Å². The van der Waals surface area contributed by atoms with Crippen molar-refractivity contribution in [2.45, 2.75) is 29.6 Å². The van der Waals surface area contributed by atoms with Crippen LogP contribution in [-0.2, 0) is 20.0 Å². The van der Waals surface area contributed by atoms with Gasteiger partial charge in [-0.15, -0.1) is 0 Å². The predicted octanol–water partition coefficient (Wildman–Crippen LogP) is 4.53. The molecule has 4 aromatic rings. The third-order valence-electron chi connectivity index (χ3n) is 6.86. The van der Waals surface area contributed by atoms with Crippen molar-refractivity contribution >= 4 is 55.6 Å². The van der Waals surface area contributed by atoms with Gasteiger partial charge in [0.15, 0.2) is 27.2 Å². The van der Waals surface area contributed by atoms with E-state index in [2.05, 4.69) is 25.8 Å². The van der Waals surface area contributed by atoms with Crippen LogP contribution in [0.15, 0.2) is 53.6 Å². The lowest BCUT2D eigenvalue weighted by Crippen LogP contribution is -2.20.